The van der Waals surface area contributed by atoms with Gasteiger partial charge in [-0.25, -0.2) is 8.42 Å². The Morgan fingerprint density at radius 3 is 2.41 bits per heavy atom. The van der Waals surface area contributed by atoms with Gasteiger partial charge in [0, 0.05) is 16.7 Å². The molecule has 1 amide bonds. The number of nitrogens with zero attached hydrogens (tertiary/aromatic N) is 1. The van der Waals surface area contributed by atoms with Crippen molar-refractivity contribution in [3.05, 3.63) is 71.6 Å². The van der Waals surface area contributed by atoms with Crippen LogP contribution >= 0.6 is 0 Å². The predicted molar refractivity (Wildman–Crippen MR) is 107 cm³/mol. The van der Waals surface area contributed by atoms with Crippen LogP contribution in [0.3, 0.4) is 0 Å². The van der Waals surface area contributed by atoms with Gasteiger partial charge in [-0.2, -0.15) is 0 Å². The lowest BCUT2D eigenvalue weighted by Gasteiger charge is -2.27. The summed E-state index contributed by atoms with van der Waals surface area (Å²) in [5.41, 5.74) is 1.15. The molecule has 0 fully saturated rings. The van der Waals surface area contributed by atoms with Gasteiger partial charge in [0.2, 0.25) is 0 Å². The third-order valence-electron chi connectivity index (χ3n) is 4.36. The number of ether oxygens (including phenoxy) is 1. The molecule has 0 aromatic heterocycles. The van der Waals surface area contributed by atoms with E-state index in [4.69, 9.17) is 4.74 Å². The molecule has 0 aliphatic carbocycles. The number of amides is 1. The zero-order valence-electron chi connectivity index (χ0n) is 15.2. The summed E-state index contributed by atoms with van der Waals surface area (Å²) < 4.78 is 29.4. The van der Waals surface area contributed by atoms with Crippen LogP contribution in [0.15, 0.2) is 66.1 Å². The summed E-state index contributed by atoms with van der Waals surface area (Å²) in [6.45, 7) is 2.74. The molecule has 27 heavy (non-hydrogen) atoms. The van der Waals surface area contributed by atoms with Gasteiger partial charge < -0.3 is 9.64 Å². The van der Waals surface area contributed by atoms with E-state index in [2.05, 4.69) is 6.92 Å². The summed E-state index contributed by atoms with van der Waals surface area (Å²) in [4.78, 5) is 14.7. The topological polar surface area (TPSA) is 63.7 Å². The molecule has 0 spiro atoms. The summed E-state index contributed by atoms with van der Waals surface area (Å²) >= 11 is 0. The van der Waals surface area contributed by atoms with Gasteiger partial charge in [0.1, 0.15) is 5.75 Å². The number of anilines is 1. The number of sulfone groups is 1. The smallest absolute Gasteiger partial charge is 0.258 e. The maximum Gasteiger partial charge on any atom is 0.258 e. The number of hydrogen-bond acceptors (Lipinski definition) is 4. The van der Waals surface area contributed by atoms with Gasteiger partial charge in [-0.15, -0.1) is 0 Å². The molecular formula is C21H23NO4S. The van der Waals surface area contributed by atoms with Crippen molar-refractivity contribution in [2.24, 2.45) is 0 Å². The molecule has 0 bridgehead atoms. The van der Waals surface area contributed by atoms with Crippen molar-refractivity contribution in [3.63, 3.8) is 0 Å². The Morgan fingerprint density at radius 2 is 1.81 bits per heavy atom. The molecule has 2 aromatic carbocycles. The lowest BCUT2D eigenvalue weighted by Crippen LogP contribution is -2.41. The van der Waals surface area contributed by atoms with Crippen molar-refractivity contribution in [1.82, 2.24) is 0 Å². The van der Waals surface area contributed by atoms with E-state index in [1.165, 1.54) is 10.3 Å². The highest BCUT2D eigenvalue weighted by molar-refractivity contribution is 7.94. The molecular weight excluding hydrogens is 362 g/mol. The summed E-state index contributed by atoms with van der Waals surface area (Å²) in [7, 11) is -3.28. The van der Waals surface area contributed by atoms with Crippen LogP contribution in [0, 0.1) is 0 Å². The van der Waals surface area contributed by atoms with Gasteiger partial charge in [0.05, 0.1) is 18.4 Å². The van der Waals surface area contributed by atoms with E-state index in [0.717, 1.165) is 18.6 Å². The van der Waals surface area contributed by atoms with Crippen molar-refractivity contribution >= 4 is 21.4 Å². The molecule has 3 rings (SSSR count). The van der Waals surface area contributed by atoms with Crippen molar-refractivity contribution in [2.75, 3.05) is 17.3 Å². The van der Waals surface area contributed by atoms with E-state index >= 15 is 0 Å². The lowest BCUT2D eigenvalue weighted by molar-refractivity contribution is 0.0983. The Balaban J connectivity index is 1.84. The van der Waals surface area contributed by atoms with E-state index in [0.29, 0.717) is 17.9 Å². The fourth-order valence-electron chi connectivity index (χ4n) is 2.94. The fourth-order valence-corrected chi connectivity index (χ4v) is 4.20. The largest absolute Gasteiger partial charge is 0.494 e. The molecule has 2 aromatic rings. The van der Waals surface area contributed by atoms with Gasteiger partial charge in [0.25, 0.3) is 5.91 Å². The van der Waals surface area contributed by atoms with Crippen molar-refractivity contribution in [1.29, 1.82) is 0 Å². The van der Waals surface area contributed by atoms with Crippen molar-refractivity contribution in [3.8, 4) is 5.75 Å². The Morgan fingerprint density at radius 1 is 1.11 bits per heavy atom. The highest BCUT2D eigenvalue weighted by Gasteiger charge is 2.31. The SMILES string of the molecule is CCCCOc1ccc(C(=O)N(c2ccccc2)[C@H]2C=CS(=O)(=O)C2)cc1. The predicted octanol–water partition coefficient (Wildman–Crippen LogP) is 3.82. The standard InChI is InChI=1S/C21H23NO4S/c1-2-3-14-26-20-11-9-17(10-12-20)21(23)22(18-7-5-4-6-8-18)19-13-15-27(24,25)16-19/h4-13,15,19H,2-3,14,16H2,1H3/t19-/m0/s1. The van der Waals surface area contributed by atoms with E-state index in [1.54, 1.807) is 42.5 Å². The zero-order valence-corrected chi connectivity index (χ0v) is 16.1. The molecule has 1 aliphatic rings. The third-order valence-corrected chi connectivity index (χ3v) is 5.74. The summed E-state index contributed by atoms with van der Waals surface area (Å²) in [5, 5.41) is 1.19. The first-order chi connectivity index (χ1) is 13.0. The van der Waals surface area contributed by atoms with Crippen LogP contribution in [0.25, 0.3) is 0 Å². The molecule has 0 saturated heterocycles. The average molecular weight is 385 g/mol. The minimum Gasteiger partial charge on any atom is -0.494 e. The third kappa shape index (κ3) is 4.77. The number of unbranched alkanes of at least 4 members (excludes halogenated alkanes) is 1. The first-order valence-electron chi connectivity index (χ1n) is 9.02. The van der Waals surface area contributed by atoms with Crippen LogP contribution in [-0.4, -0.2) is 32.7 Å². The minimum absolute atomic E-state index is 0.105. The van der Waals surface area contributed by atoms with Crippen LogP contribution in [0.5, 0.6) is 5.75 Å². The van der Waals surface area contributed by atoms with E-state index in [-0.39, 0.29) is 11.7 Å². The number of para-hydroxylation sites is 1. The maximum atomic E-state index is 13.2. The molecule has 6 heteroatoms. The van der Waals surface area contributed by atoms with E-state index < -0.39 is 15.9 Å². The second-order valence-corrected chi connectivity index (χ2v) is 8.39. The molecule has 1 atom stereocenters. The highest BCUT2D eigenvalue weighted by Crippen LogP contribution is 2.25. The van der Waals surface area contributed by atoms with Gasteiger partial charge in [0.15, 0.2) is 9.84 Å². The number of rotatable bonds is 7. The van der Waals surface area contributed by atoms with Crippen molar-refractivity contribution in [2.45, 2.75) is 25.8 Å². The molecule has 0 N–H and O–H groups in total. The number of hydrogen-bond donors (Lipinski definition) is 0. The lowest BCUT2D eigenvalue weighted by atomic mass is 10.1. The molecule has 5 nitrogen and oxygen atoms in total. The first kappa shape index (κ1) is 19.2. The van der Waals surface area contributed by atoms with Gasteiger partial charge in [-0.1, -0.05) is 31.5 Å². The zero-order chi connectivity index (χ0) is 19.3. The van der Waals surface area contributed by atoms with Gasteiger partial charge >= 0.3 is 0 Å². The van der Waals surface area contributed by atoms with Crippen LogP contribution < -0.4 is 9.64 Å². The van der Waals surface area contributed by atoms with Crippen LogP contribution in [0.4, 0.5) is 5.69 Å². The quantitative estimate of drug-likeness (QED) is 0.680. The van der Waals surface area contributed by atoms with Crippen LogP contribution in [0.1, 0.15) is 30.1 Å². The van der Waals surface area contributed by atoms with Crippen molar-refractivity contribution < 1.29 is 17.9 Å². The second kappa shape index (κ2) is 8.39. The summed E-state index contributed by atoms with van der Waals surface area (Å²) in [6.07, 6.45) is 3.60. The van der Waals surface area contributed by atoms with Crippen LogP contribution in [-0.2, 0) is 9.84 Å². The summed E-state index contributed by atoms with van der Waals surface area (Å²) in [5.74, 6) is 0.369. The number of carbonyl (C=O) groups excluding carboxylic acids is 1. The molecule has 0 unspecified atom stereocenters. The normalized spacial score (nSPS) is 17.6. The first-order valence-corrected chi connectivity index (χ1v) is 10.7. The maximum absolute atomic E-state index is 13.2. The molecule has 0 radical (unpaired) electrons. The van der Waals surface area contributed by atoms with Crippen LogP contribution in [0.2, 0.25) is 0 Å². The minimum atomic E-state index is -3.28. The Hall–Kier alpha value is -2.60. The molecule has 1 heterocycles. The molecule has 1 aliphatic heterocycles. The molecule has 0 saturated carbocycles. The van der Waals surface area contributed by atoms with E-state index in [9.17, 15) is 13.2 Å². The van der Waals surface area contributed by atoms with E-state index in [1.807, 2.05) is 18.2 Å². The monoisotopic (exact) mass is 385 g/mol. The molecule has 142 valence electrons. The fraction of sp³-hybridized carbons (Fsp3) is 0.286. The Kier molecular flexibility index (Phi) is 5.96. The van der Waals surface area contributed by atoms with Gasteiger partial charge in [-0.3, -0.25) is 4.79 Å². The van der Waals surface area contributed by atoms with Gasteiger partial charge in [-0.05, 0) is 48.9 Å². The second-order valence-electron chi connectivity index (χ2n) is 6.46. The summed E-state index contributed by atoms with van der Waals surface area (Å²) in [6, 6.07) is 15.6. The Labute approximate surface area is 160 Å². The average Bonchev–Trinajstić information content (AvgIpc) is 3.03. The Bertz CT molecular complexity index is 905. The number of carbonyl (C=O) groups is 1. The highest BCUT2D eigenvalue weighted by atomic mass is 32.2. The number of benzene rings is 2.